The minimum Gasteiger partial charge on any atom is -0.494 e. The summed E-state index contributed by atoms with van der Waals surface area (Å²) in [7, 11) is 0.170. The number of ether oxygens (including phenoxy) is 2. The third-order valence-corrected chi connectivity index (χ3v) is 6.91. The highest BCUT2D eigenvalue weighted by Gasteiger charge is 2.31. The molecule has 0 spiro atoms. The number of aromatic nitrogens is 2. The molecule has 1 fully saturated rings. The van der Waals surface area contributed by atoms with Crippen LogP contribution in [0.5, 0.6) is 11.5 Å². The van der Waals surface area contributed by atoms with E-state index in [-0.39, 0.29) is 4.90 Å². The van der Waals surface area contributed by atoms with Gasteiger partial charge in [-0.25, -0.2) is 18.4 Å². The first kappa shape index (κ1) is 23.1. The van der Waals surface area contributed by atoms with E-state index in [1.807, 2.05) is 45.8 Å². The molecule has 1 aliphatic heterocycles. The lowest BCUT2D eigenvalue weighted by Crippen LogP contribution is -2.49. The van der Waals surface area contributed by atoms with Crippen LogP contribution in [0.25, 0.3) is 0 Å². The van der Waals surface area contributed by atoms with Crippen molar-refractivity contribution in [3.8, 4) is 11.5 Å². The molecular formula is C21H31N5O4S. The van der Waals surface area contributed by atoms with Gasteiger partial charge < -0.3 is 19.3 Å². The van der Waals surface area contributed by atoms with E-state index in [2.05, 4.69) is 14.9 Å². The molecule has 1 aromatic heterocycles. The average Bonchev–Trinajstić information content (AvgIpc) is 2.74. The zero-order valence-electron chi connectivity index (χ0n) is 18.8. The van der Waals surface area contributed by atoms with E-state index in [4.69, 9.17) is 9.47 Å². The average molecular weight is 450 g/mol. The third-order valence-electron chi connectivity index (χ3n) is 4.98. The van der Waals surface area contributed by atoms with Crippen molar-refractivity contribution in [1.29, 1.82) is 0 Å². The Morgan fingerprint density at radius 3 is 2.29 bits per heavy atom. The summed E-state index contributed by atoms with van der Waals surface area (Å²) in [5.41, 5.74) is 0. The van der Waals surface area contributed by atoms with Gasteiger partial charge in [-0.2, -0.15) is 4.31 Å². The molecule has 0 atom stereocenters. The number of benzene rings is 1. The van der Waals surface area contributed by atoms with E-state index in [9.17, 15) is 8.42 Å². The van der Waals surface area contributed by atoms with Crippen molar-refractivity contribution in [1.82, 2.24) is 14.3 Å². The maximum atomic E-state index is 13.3. The van der Waals surface area contributed by atoms with E-state index in [0.29, 0.717) is 56.7 Å². The summed E-state index contributed by atoms with van der Waals surface area (Å²) < 4.78 is 39.3. The molecule has 1 aromatic carbocycles. The minimum absolute atomic E-state index is 0.166. The summed E-state index contributed by atoms with van der Waals surface area (Å²) in [5.74, 6) is 3.23. The van der Waals surface area contributed by atoms with E-state index in [1.165, 1.54) is 4.31 Å². The lowest BCUT2D eigenvalue weighted by Gasteiger charge is -2.35. The number of anilines is 2. The molecule has 0 amide bonds. The van der Waals surface area contributed by atoms with Gasteiger partial charge in [0.15, 0.2) is 0 Å². The largest absolute Gasteiger partial charge is 0.494 e. The number of sulfonamides is 1. The fourth-order valence-electron chi connectivity index (χ4n) is 3.45. The Morgan fingerprint density at radius 2 is 1.68 bits per heavy atom. The molecule has 0 bridgehead atoms. The van der Waals surface area contributed by atoms with Gasteiger partial charge in [0.05, 0.1) is 13.2 Å². The Labute approximate surface area is 184 Å². The Hall–Kier alpha value is -2.59. The second-order valence-electron chi connectivity index (χ2n) is 7.39. The van der Waals surface area contributed by atoms with Crippen LogP contribution in [-0.4, -0.2) is 76.2 Å². The highest BCUT2D eigenvalue weighted by Crippen LogP contribution is 2.32. The molecule has 1 aliphatic rings. The van der Waals surface area contributed by atoms with Crippen molar-refractivity contribution in [2.75, 3.05) is 63.3 Å². The van der Waals surface area contributed by atoms with Gasteiger partial charge >= 0.3 is 0 Å². The van der Waals surface area contributed by atoms with Crippen LogP contribution >= 0.6 is 0 Å². The molecule has 2 aromatic rings. The smallest absolute Gasteiger partial charge is 0.246 e. The Balaban J connectivity index is 1.79. The van der Waals surface area contributed by atoms with E-state index < -0.39 is 10.0 Å². The van der Waals surface area contributed by atoms with Crippen LogP contribution in [0.3, 0.4) is 0 Å². The van der Waals surface area contributed by atoms with Gasteiger partial charge in [-0.3, -0.25) is 0 Å². The SMILES string of the molecule is CCOc1ccc(S(=O)(=O)N2CCN(c3cc(N(C)C)nc(C)n3)CC2)c(OCC)c1. The lowest BCUT2D eigenvalue weighted by atomic mass is 10.3. The van der Waals surface area contributed by atoms with Crippen molar-refractivity contribution >= 4 is 21.7 Å². The van der Waals surface area contributed by atoms with Crippen LogP contribution < -0.4 is 19.3 Å². The minimum atomic E-state index is -3.70. The number of nitrogens with zero attached hydrogens (tertiary/aromatic N) is 5. The van der Waals surface area contributed by atoms with Crippen molar-refractivity contribution in [3.05, 3.63) is 30.1 Å². The maximum absolute atomic E-state index is 13.3. The zero-order chi connectivity index (χ0) is 22.6. The Morgan fingerprint density at radius 1 is 1.00 bits per heavy atom. The zero-order valence-corrected chi connectivity index (χ0v) is 19.6. The fraction of sp³-hybridized carbons (Fsp3) is 0.524. The molecule has 31 heavy (non-hydrogen) atoms. The summed E-state index contributed by atoms with van der Waals surface area (Å²) in [6.07, 6.45) is 0. The van der Waals surface area contributed by atoms with Crippen molar-refractivity contribution < 1.29 is 17.9 Å². The summed E-state index contributed by atoms with van der Waals surface area (Å²) in [6.45, 7) is 8.25. The predicted octanol–water partition coefficient (Wildman–Crippen LogP) is 2.16. The number of hydrogen-bond donors (Lipinski definition) is 0. The lowest BCUT2D eigenvalue weighted by molar-refractivity contribution is 0.314. The molecule has 0 aliphatic carbocycles. The van der Waals surface area contributed by atoms with Crippen molar-refractivity contribution in [2.45, 2.75) is 25.7 Å². The summed E-state index contributed by atoms with van der Waals surface area (Å²) >= 11 is 0. The van der Waals surface area contributed by atoms with Crippen LogP contribution in [0.1, 0.15) is 19.7 Å². The molecule has 0 N–H and O–H groups in total. The topological polar surface area (TPSA) is 88.1 Å². The van der Waals surface area contributed by atoms with Crippen molar-refractivity contribution in [3.63, 3.8) is 0 Å². The van der Waals surface area contributed by atoms with Gasteiger partial charge in [-0.05, 0) is 32.9 Å². The number of hydrogen-bond acceptors (Lipinski definition) is 8. The van der Waals surface area contributed by atoms with Gasteiger partial charge in [-0.15, -0.1) is 0 Å². The molecule has 0 saturated carbocycles. The standard InChI is InChI=1S/C21H31N5O4S/c1-6-29-17-8-9-19(18(14-17)30-7-2)31(27,28)26-12-10-25(11-13-26)21-15-20(24(4)5)22-16(3)23-21/h8-9,14-15H,6-7,10-13H2,1-5H3. The summed E-state index contributed by atoms with van der Waals surface area (Å²) in [4.78, 5) is 13.2. The second kappa shape index (κ2) is 9.69. The van der Waals surface area contributed by atoms with E-state index in [0.717, 1.165) is 11.6 Å². The van der Waals surface area contributed by atoms with Gasteiger partial charge in [-0.1, -0.05) is 0 Å². The third kappa shape index (κ3) is 5.19. The first-order valence-electron chi connectivity index (χ1n) is 10.4. The molecular weight excluding hydrogens is 418 g/mol. The van der Waals surface area contributed by atoms with Crippen molar-refractivity contribution in [2.24, 2.45) is 0 Å². The van der Waals surface area contributed by atoms with Gasteiger partial charge in [0.25, 0.3) is 0 Å². The van der Waals surface area contributed by atoms with Gasteiger partial charge in [0, 0.05) is 52.4 Å². The summed E-state index contributed by atoms with van der Waals surface area (Å²) in [6, 6.07) is 6.80. The number of rotatable bonds is 8. The Bertz CT molecular complexity index is 1000. The molecule has 9 nitrogen and oxygen atoms in total. The molecule has 170 valence electrons. The first-order valence-corrected chi connectivity index (χ1v) is 11.9. The fourth-order valence-corrected chi connectivity index (χ4v) is 4.98. The molecule has 0 radical (unpaired) electrons. The number of aryl methyl sites for hydroxylation is 1. The maximum Gasteiger partial charge on any atom is 0.246 e. The quantitative estimate of drug-likeness (QED) is 0.606. The van der Waals surface area contributed by atoms with E-state index >= 15 is 0 Å². The van der Waals surface area contributed by atoms with Crippen LogP contribution in [0, 0.1) is 6.92 Å². The second-order valence-corrected chi connectivity index (χ2v) is 9.30. The normalized spacial score (nSPS) is 15.1. The number of piperazine rings is 1. The first-order chi connectivity index (χ1) is 14.8. The van der Waals surface area contributed by atoms with Crippen LogP contribution in [0.4, 0.5) is 11.6 Å². The highest BCUT2D eigenvalue weighted by atomic mass is 32.2. The van der Waals surface area contributed by atoms with Gasteiger partial charge in [0.1, 0.15) is 33.9 Å². The molecule has 3 rings (SSSR count). The monoisotopic (exact) mass is 449 g/mol. The highest BCUT2D eigenvalue weighted by molar-refractivity contribution is 7.89. The predicted molar refractivity (Wildman–Crippen MR) is 121 cm³/mol. The van der Waals surface area contributed by atoms with Crippen LogP contribution in [0.2, 0.25) is 0 Å². The Kier molecular flexibility index (Phi) is 7.22. The van der Waals surface area contributed by atoms with E-state index in [1.54, 1.807) is 18.2 Å². The van der Waals surface area contributed by atoms with Crippen LogP contribution in [0.15, 0.2) is 29.2 Å². The molecule has 0 unspecified atom stereocenters. The molecule has 2 heterocycles. The van der Waals surface area contributed by atoms with Gasteiger partial charge in [0.2, 0.25) is 10.0 Å². The van der Waals surface area contributed by atoms with Crippen LogP contribution in [-0.2, 0) is 10.0 Å². The molecule has 10 heteroatoms. The molecule has 1 saturated heterocycles. The summed E-state index contributed by atoms with van der Waals surface area (Å²) in [5, 5.41) is 0.